The Morgan fingerprint density at radius 3 is 2.50 bits per heavy atom. The number of halogens is 3. The quantitative estimate of drug-likeness (QED) is 0.331. The number of alkyl halides is 3. The standard InChI is InChI=1S/C29H31F3N8O2/c1-18(2)38-7-9-39(10-8-38)23-11-21(14-33-16-23)25-17-40(37-36-25)26-13-22(15-34-19(26)3)35-28(41)20-5-6-27(42-4)24(12-20)29(30,31)32/h5-6,11-18H,7-10H2,1-4H3,(H,35,41). The predicted octanol–water partition coefficient (Wildman–Crippen LogP) is 4.84. The molecule has 10 nitrogen and oxygen atoms in total. The molecular formula is C29H31F3N8O2. The SMILES string of the molecule is COc1ccc(C(=O)Nc2cnc(C)c(-n3cc(-c4cncc(N5CCN(C(C)C)CC5)c4)nn3)c2)cc1C(F)(F)F. The Kier molecular flexibility index (Phi) is 8.12. The number of aromatic nitrogens is 5. The van der Waals surface area contributed by atoms with Gasteiger partial charge in [-0.15, -0.1) is 5.10 Å². The van der Waals surface area contributed by atoms with Crippen molar-refractivity contribution in [3.63, 3.8) is 0 Å². The average Bonchev–Trinajstić information content (AvgIpc) is 3.48. The number of amides is 1. The van der Waals surface area contributed by atoms with Gasteiger partial charge in [0.15, 0.2) is 0 Å². The van der Waals surface area contributed by atoms with Crippen LogP contribution in [0.1, 0.15) is 35.5 Å². The largest absolute Gasteiger partial charge is 0.496 e. The Bertz CT molecular complexity index is 1580. The van der Waals surface area contributed by atoms with Gasteiger partial charge in [0.1, 0.15) is 11.4 Å². The van der Waals surface area contributed by atoms with Crippen LogP contribution in [0.4, 0.5) is 24.5 Å². The van der Waals surface area contributed by atoms with Gasteiger partial charge in [0.05, 0.1) is 54.0 Å². The fourth-order valence-corrected chi connectivity index (χ4v) is 4.85. The van der Waals surface area contributed by atoms with Crippen LogP contribution in [0.15, 0.2) is 55.1 Å². The van der Waals surface area contributed by atoms with Crippen molar-refractivity contribution in [2.24, 2.45) is 0 Å². The van der Waals surface area contributed by atoms with Crippen molar-refractivity contribution in [3.8, 4) is 22.7 Å². The molecule has 1 aromatic carbocycles. The number of carbonyl (C=O) groups is 1. The number of methoxy groups -OCH3 is 1. The fourth-order valence-electron chi connectivity index (χ4n) is 4.85. The summed E-state index contributed by atoms with van der Waals surface area (Å²) in [7, 11) is 1.14. The topological polar surface area (TPSA) is 101 Å². The van der Waals surface area contributed by atoms with E-state index in [1.807, 2.05) is 12.3 Å². The lowest BCUT2D eigenvalue weighted by atomic mass is 10.1. The van der Waals surface area contributed by atoms with Crippen LogP contribution in [0.3, 0.4) is 0 Å². The van der Waals surface area contributed by atoms with Gasteiger partial charge >= 0.3 is 6.18 Å². The number of nitrogens with one attached hydrogen (secondary N) is 1. The fraction of sp³-hybridized carbons (Fsp3) is 0.345. The molecule has 0 saturated carbocycles. The molecule has 1 amide bonds. The molecule has 220 valence electrons. The third-order valence-electron chi connectivity index (χ3n) is 7.25. The zero-order chi connectivity index (χ0) is 30.0. The van der Waals surface area contributed by atoms with Gasteiger partial charge in [-0.2, -0.15) is 13.2 Å². The number of ether oxygens (including phenoxy) is 1. The molecule has 3 aromatic heterocycles. The molecule has 4 heterocycles. The summed E-state index contributed by atoms with van der Waals surface area (Å²) in [6.07, 6.45) is 2.07. The summed E-state index contributed by atoms with van der Waals surface area (Å²) in [4.78, 5) is 26.3. The number of benzene rings is 1. The van der Waals surface area contributed by atoms with Gasteiger partial charge in [-0.1, -0.05) is 5.21 Å². The van der Waals surface area contributed by atoms with E-state index in [0.29, 0.717) is 23.1 Å². The van der Waals surface area contributed by atoms with E-state index in [2.05, 4.69) is 49.2 Å². The zero-order valence-corrected chi connectivity index (χ0v) is 23.7. The van der Waals surface area contributed by atoms with Crippen LogP contribution < -0.4 is 15.0 Å². The Morgan fingerprint density at radius 1 is 1.05 bits per heavy atom. The summed E-state index contributed by atoms with van der Waals surface area (Å²) in [6.45, 7) is 9.98. The van der Waals surface area contributed by atoms with Crippen molar-refractivity contribution in [2.45, 2.75) is 33.0 Å². The highest BCUT2D eigenvalue weighted by Gasteiger charge is 2.35. The number of nitrogens with zero attached hydrogens (tertiary/aromatic N) is 7. The van der Waals surface area contributed by atoms with E-state index < -0.39 is 17.6 Å². The third kappa shape index (κ3) is 6.20. The van der Waals surface area contributed by atoms with Crippen LogP contribution in [0.25, 0.3) is 16.9 Å². The molecular weight excluding hydrogens is 549 g/mol. The molecule has 1 aliphatic heterocycles. The highest BCUT2D eigenvalue weighted by molar-refractivity contribution is 6.04. The zero-order valence-electron chi connectivity index (χ0n) is 23.7. The lowest BCUT2D eigenvalue weighted by molar-refractivity contribution is -0.138. The van der Waals surface area contributed by atoms with Gasteiger partial charge in [0.25, 0.3) is 5.91 Å². The first kappa shape index (κ1) is 29.0. The second-order valence-corrected chi connectivity index (χ2v) is 10.3. The Morgan fingerprint density at radius 2 is 1.81 bits per heavy atom. The molecule has 0 aliphatic carbocycles. The minimum Gasteiger partial charge on any atom is -0.496 e. The smallest absolute Gasteiger partial charge is 0.419 e. The van der Waals surface area contributed by atoms with Gasteiger partial charge < -0.3 is 15.0 Å². The molecule has 42 heavy (non-hydrogen) atoms. The summed E-state index contributed by atoms with van der Waals surface area (Å²) >= 11 is 0. The summed E-state index contributed by atoms with van der Waals surface area (Å²) in [5.41, 5.74) is 2.66. The van der Waals surface area contributed by atoms with E-state index in [1.165, 1.54) is 16.9 Å². The molecule has 4 aromatic rings. The second-order valence-electron chi connectivity index (χ2n) is 10.3. The van der Waals surface area contributed by atoms with Gasteiger partial charge in [-0.25, -0.2) is 4.68 Å². The van der Waals surface area contributed by atoms with E-state index in [9.17, 15) is 18.0 Å². The number of anilines is 2. The third-order valence-corrected chi connectivity index (χ3v) is 7.25. The highest BCUT2D eigenvalue weighted by atomic mass is 19.4. The van der Waals surface area contributed by atoms with Crippen molar-refractivity contribution in [1.82, 2.24) is 29.9 Å². The summed E-state index contributed by atoms with van der Waals surface area (Å²) in [6, 6.07) is 7.33. The minimum atomic E-state index is -4.68. The maximum Gasteiger partial charge on any atom is 0.419 e. The molecule has 0 radical (unpaired) electrons. The molecule has 1 fully saturated rings. The van der Waals surface area contributed by atoms with Crippen molar-refractivity contribution < 1.29 is 22.7 Å². The van der Waals surface area contributed by atoms with Crippen LogP contribution in [-0.4, -0.2) is 75.1 Å². The molecule has 1 saturated heterocycles. The molecule has 0 atom stereocenters. The number of piperazine rings is 1. The van der Waals surface area contributed by atoms with Crippen molar-refractivity contribution in [1.29, 1.82) is 0 Å². The first-order chi connectivity index (χ1) is 20.0. The maximum absolute atomic E-state index is 13.4. The predicted molar refractivity (Wildman–Crippen MR) is 152 cm³/mol. The summed E-state index contributed by atoms with van der Waals surface area (Å²) in [5.74, 6) is -1.09. The van der Waals surface area contributed by atoms with Crippen LogP contribution in [0, 0.1) is 6.92 Å². The minimum absolute atomic E-state index is 0.175. The van der Waals surface area contributed by atoms with Gasteiger partial charge in [-0.3, -0.25) is 19.7 Å². The lowest BCUT2D eigenvalue weighted by Crippen LogP contribution is -2.48. The van der Waals surface area contributed by atoms with E-state index in [-0.39, 0.29) is 17.0 Å². The molecule has 13 heteroatoms. The van der Waals surface area contributed by atoms with E-state index in [4.69, 9.17) is 4.74 Å². The second kappa shape index (κ2) is 11.8. The Hall–Kier alpha value is -4.52. The molecule has 1 N–H and O–H groups in total. The number of carbonyl (C=O) groups excluding carboxylic acids is 1. The van der Waals surface area contributed by atoms with Crippen molar-refractivity contribution in [3.05, 3.63) is 71.9 Å². The molecule has 1 aliphatic rings. The van der Waals surface area contributed by atoms with E-state index >= 15 is 0 Å². The van der Waals surface area contributed by atoms with Crippen LogP contribution >= 0.6 is 0 Å². The molecule has 0 spiro atoms. The number of pyridine rings is 2. The number of hydrogen-bond acceptors (Lipinski definition) is 8. The Labute approximate surface area is 241 Å². The highest BCUT2D eigenvalue weighted by Crippen LogP contribution is 2.37. The maximum atomic E-state index is 13.4. The first-order valence-corrected chi connectivity index (χ1v) is 13.4. The summed E-state index contributed by atoms with van der Waals surface area (Å²) < 4.78 is 46.6. The molecule has 5 rings (SSSR count). The van der Waals surface area contributed by atoms with Gasteiger partial charge in [0, 0.05) is 49.5 Å². The van der Waals surface area contributed by atoms with E-state index in [1.54, 1.807) is 25.4 Å². The first-order valence-electron chi connectivity index (χ1n) is 13.4. The average molecular weight is 581 g/mol. The van der Waals surface area contributed by atoms with Crippen molar-refractivity contribution >= 4 is 17.3 Å². The normalized spacial score (nSPS) is 14.3. The number of rotatable bonds is 7. The van der Waals surface area contributed by atoms with E-state index in [0.717, 1.165) is 56.7 Å². The van der Waals surface area contributed by atoms with Gasteiger partial charge in [0.2, 0.25) is 0 Å². The number of hydrogen-bond donors (Lipinski definition) is 1. The van der Waals surface area contributed by atoms with Crippen LogP contribution in [-0.2, 0) is 6.18 Å². The molecule has 0 unspecified atom stereocenters. The Balaban J connectivity index is 1.34. The van der Waals surface area contributed by atoms with Gasteiger partial charge in [-0.05, 0) is 51.1 Å². The summed E-state index contributed by atoms with van der Waals surface area (Å²) in [5, 5.41) is 11.2. The van der Waals surface area contributed by atoms with Crippen LogP contribution in [0.2, 0.25) is 0 Å². The molecule has 0 bridgehead atoms. The number of aryl methyl sites for hydroxylation is 1. The van der Waals surface area contributed by atoms with Crippen LogP contribution in [0.5, 0.6) is 5.75 Å². The lowest BCUT2D eigenvalue weighted by Gasteiger charge is -2.38. The van der Waals surface area contributed by atoms with Crippen molar-refractivity contribution in [2.75, 3.05) is 43.5 Å². The monoisotopic (exact) mass is 580 g/mol.